The van der Waals surface area contributed by atoms with E-state index < -0.39 is 29.5 Å². The zero-order valence-corrected chi connectivity index (χ0v) is 17.7. The molecule has 0 aliphatic rings. The smallest absolute Gasteiger partial charge is 0.471 e. The van der Waals surface area contributed by atoms with Crippen molar-refractivity contribution in [1.82, 2.24) is 4.98 Å². The number of aromatic nitrogens is 1. The molecule has 2 N–H and O–H groups in total. The molecule has 0 spiro atoms. The van der Waals surface area contributed by atoms with Crippen LogP contribution in [0.5, 0.6) is 0 Å². The first-order chi connectivity index (χ1) is 15.6. The van der Waals surface area contributed by atoms with Crippen molar-refractivity contribution in [3.63, 3.8) is 0 Å². The van der Waals surface area contributed by atoms with Crippen LogP contribution in [-0.4, -0.2) is 28.1 Å². The molecule has 0 bridgehead atoms. The summed E-state index contributed by atoms with van der Waals surface area (Å²) < 4.78 is 43.8. The minimum atomic E-state index is -5.25. The van der Waals surface area contributed by atoms with Crippen molar-refractivity contribution in [1.29, 1.82) is 0 Å². The van der Waals surface area contributed by atoms with E-state index >= 15 is 0 Å². The minimum absolute atomic E-state index is 0.134. The number of carbonyl (C=O) groups is 2. The highest BCUT2D eigenvalue weighted by atomic mass is 35.5. The maximum Gasteiger partial charge on any atom is 0.471 e. The molecule has 1 amide bonds. The number of halogens is 5. The fraction of sp³-hybridized carbons (Fsp3) is 0.0455. The average molecular weight is 495 g/mol. The third-order valence-electron chi connectivity index (χ3n) is 4.66. The van der Waals surface area contributed by atoms with E-state index in [0.717, 1.165) is 0 Å². The number of carboxylic acid groups (broad SMARTS) is 1. The van der Waals surface area contributed by atoms with Gasteiger partial charge in [-0.25, -0.2) is 9.78 Å². The zero-order valence-electron chi connectivity index (χ0n) is 16.2. The Labute approximate surface area is 193 Å². The van der Waals surface area contributed by atoms with Crippen LogP contribution in [0.15, 0.2) is 59.0 Å². The predicted molar refractivity (Wildman–Crippen MR) is 117 cm³/mol. The van der Waals surface area contributed by atoms with Crippen molar-refractivity contribution >= 4 is 51.9 Å². The number of fused-ring (bicyclic) bond motifs is 1. The van der Waals surface area contributed by atoms with Gasteiger partial charge in [-0.1, -0.05) is 53.5 Å². The first-order valence-corrected chi connectivity index (χ1v) is 9.91. The number of carbonyl (C=O) groups excluding carboxylic acids is 1. The fourth-order valence-electron chi connectivity index (χ4n) is 3.19. The fourth-order valence-corrected chi connectivity index (χ4v) is 3.54. The lowest BCUT2D eigenvalue weighted by molar-refractivity contribution is -0.167. The van der Waals surface area contributed by atoms with Crippen LogP contribution in [0.3, 0.4) is 0 Å². The highest BCUT2D eigenvalue weighted by Crippen LogP contribution is 2.40. The van der Waals surface area contributed by atoms with E-state index in [-0.39, 0.29) is 16.8 Å². The Bertz CT molecular complexity index is 1400. The zero-order chi connectivity index (χ0) is 23.9. The van der Waals surface area contributed by atoms with Gasteiger partial charge < -0.3 is 14.8 Å². The number of rotatable bonds is 4. The van der Waals surface area contributed by atoms with Crippen molar-refractivity contribution in [2.24, 2.45) is 0 Å². The summed E-state index contributed by atoms with van der Waals surface area (Å²) in [6, 6.07) is 14.6. The number of nitrogens with one attached hydrogen (secondary N) is 1. The van der Waals surface area contributed by atoms with Crippen LogP contribution in [0.2, 0.25) is 10.0 Å². The van der Waals surface area contributed by atoms with Gasteiger partial charge in [0.05, 0.1) is 11.1 Å². The van der Waals surface area contributed by atoms with E-state index in [1.807, 2.05) is 0 Å². The molecule has 0 aliphatic heterocycles. The summed E-state index contributed by atoms with van der Waals surface area (Å²) in [5.74, 6) is -4.93. The van der Waals surface area contributed by atoms with Crippen LogP contribution >= 0.6 is 23.2 Å². The molecule has 0 aliphatic carbocycles. The number of pyridine rings is 1. The first kappa shape index (κ1) is 22.6. The van der Waals surface area contributed by atoms with Crippen LogP contribution in [0.1, 0.15) is 10.6 Å². The lowest BCUT2D eigenvalue weighted by atomic mass is 9.98. The van der Waals surface area contributed by atoms with Gasteiger partial charge in [-0.05, 0) is 29.8 Å². The van der Waals surface area contributed by atoms with Crippen LogP contribution in [0.4, 0.5) is 18.9 Å². The van der Waals surface area contributed by atoms with Crippen LogP contribution in [0, 0.1) is 0 Å². The molecule has 2 aromatic heterocycles. The van der Waals surface area contributed by atoms with Crippen molar-refractivity contribution in [3.05, 3.63) is 70.4 Å². The summed E-state index contributed by atoms with van der Waals surface area (Å²) in [5, 5.41) is 11.7. The molecule has 4 rings (SSSR count). The molecule has 0 radical (unpaired) electrons. The van der Waals surface area contributed by atoms with E-state index in [4.69, 9.17) is 27.6 Å². The maximum atomic E-state index is 12.9. The highest BCUT2D eigenvalue weighted by Gasteiger charge is 2.40. The number of alkyl halides is 3. The molecular weight excluding hydrogens is 484 g/mol. The summed E-state index contributed by atoms with van der Waals surface area (Å²) in [6.07, 6.45) is -5.25. The Morgan fingerprint density at radius 1 is 1.00 bits per heavy atom. The summed E-state index contributed by atoms with van der Waals surface area (Å²) in [7, 11) is 0. The van der Waals surface area contributed by atoms with Gasteiger partial charge in [0.2, 0.25) is 11.5 Å². The van der Waals surface area contributed by atoms with Crippen LogP contribution in [-0.2, 0) is 4.79 Å². The van der Waals surface area contributed by atoms with E-state index in [1.165, 1.54) is 6.07 Å². The number of aromatic carboxylic acids is 1. The minimum Gasteiger partial charge on any atom is -0.475 e. The Morgan fingerprint density at radius 2 is 1.67 bits per heavy atom. The number of anilines is 1. The Hall–Kier alpha value is -3.56. The molecule has 0 atom stereocenters. The molecule has 0 fully saturated rings. The molecule has 168 valence electrons. The SMILES string of the molecule is O=C(O)c1oc2nc(-c3ccccc3Cl)c(-c3ccc(Cl)cc3)cc2c1NC(=O)C(F)(F)F. The highest BCUT2D eigenvalue weighted by molar-refractivity contribution is 6.33. The summed E-state index contributed by atoms with van der Waals surface area (Å²) in [6.45, 7) is 0. The van der Waals surface area contributed by atoms with Crippen molar-refractivity contribution < 1.29 is 32.3 Å². The molecule has 0 saturated heterocycles. The van der Waals surface area contributed by atoms with Gasteiger partial charge in [-0.3, -0.25) is 4.79 Å². The van der Waals surface area contributed by atoms with E-state index in [9.17, 15) is 27.9 Å². The third-order valence-corrected chi connectivity index (χ3v) is 5.24. The van der Waals surface area contributed by atoms with Gasteiger partial charge in [-0.15, -0.1) is 0 Å². The first-order valence-electron chi connectivity index (χ1n) is 9.16. The lowest BCUT2D eigenvalue weighted by Gasteiger charge is -2.12. The molecule has 2 aromatic carbocycles. The number of carboxylic acids is 1. The number of hydrogen-bond acceptors (Lipinski definition) is 4. The van der Waals surface area contributed by atoms with Gasteiger partial charge in [0.1, 0.15) is 5.69 Å². The number of nitrogens with zero attached hydrogens (tertiary/aromatic N) is 1. The Balaban J connectivity index is 2.03. The van der Waals surface area contributed by atoms with Crippen molar-refractivity contribution in [3.8, 4) is 22.4 Å². The molecule has 0 saturated carbocycles. The van der Waals surface area contributed by atoms with Gasteiger partial charge in [-0.2, -0.15) is 13.2 Å². The van der Waals surface area contributed by atoms with Gasteiger partial charge in [0, 0.05) is 21.2 Å². The molecule has 33 heavy (non-hydrogen) atoms. The van der Waals surface area contributed by atoms with E-state index in [2.05, 4.69) is 4.98 Å². The van der Waals surface area contributed by atoms with Crippen LogP contribution < -0.4 is 5.32 Å². The molecule has 4 aromatic rings. The van der Waals surface area contributed by atoms with Gasteiger partial charge >= 0.3 is 18.1 Å². The molecular formula is C22H11Cl2F3N2O4. The second-order valence-corrected chi connectivity index (χ2v) is 7.63. The monoisotopic (exact) mass is 494 g/mol. The molecule has 2 heterocycles. The van der Waals surface area contributed by atoms with Gasteiger partial charge in [0.15, 0.2) is 0 Å². The second-order valence-electron chi connectivity index (χ2n) is 6.79. The number of furan rings is 1. The average Bonchev–Trinajstić information content (AvgIpc) is 3.11. The Morgan fingerprint density at radius 3 is 2.27 bits per heavy atom. The predicted octanol–water partition coefficient (Wildman–Crippen LogP) is 6.67. The Kier molecular flexibility index (Phi) is 5.77. The lowest BCUT2D eigenvalue weighted by Crippen LogP contribution is -2.30. The number of benzene rings is 2. The molecule has 0 unspecified atom stereocenters. The third kappa shape index (κ3) is 4.37. The quantitative estimate of drug-likeness (QED) is 0.330. The normalized spacial score (nSPS) is 11.5. The number of amides is 1. The summed E-state index contributed by atoms with van der Waals surface area (Å²) >= 11 is 12.3. The van der Waals surface area contributed by atoms with E-state index in [0.29, 0.717) is 26.7 Å². The second kappa shape index (κ2) is 8.42. The van der Waals surface area contributed by atoms with Crippen molar-refractivity contribution in [2.45, 2.75) is 6.18 Å². The largest absolute Gasteiger partial charge is 0.475 e. The summed E-state index contributed by atoms with van der Waals surface area (Å²) in [4.78, 5) is 27.5. The van der Waals surface area contributed by atoms with Crippen molar-refractivity contribution in [2.75, 3.05) is 5.32 Å². The van der Waals surface area contributed by atoms with Crippen LogP contribution in [0.25, 0.3) is 33.5 Å². The summed E-state index contributed by atoms with van der Waals surface area (Å²) in [5.41, 5.74) is 0.767. The standard InChI is InChI=1S/C22H11Cl2F3N2O4/c23-11-7-5-10(6-8-11)13-9-14-17(29-21(32)22(25,26)27)18(20(30)31)33-19(14)28-16(13)12-3-1-2-4-15(12)24/h1-9H,(H,29,32)(H,30,31). The number of hydrogen-bond donors (Lipinski definition) is 2. The van der Waals surface area contributed by atoms with E-state index in [1.54, 1.807) is 53.8 Å². The molecule has 6 nitrogen and oxygen atoms in total. The topological polar surface area (TPSA) is 92.4 Å². The molecule has 11 heteroatoms. The van der Waals surface area contributed by atoms with Gasteiger partial charge in [0.25, 0.3) is 0 Å². The maximum absolute atomic E-state index is 12.9.